The van der Waals surface area contributed by atoms with E-state index in [0.29, 0.717) is 12.5 Å². The number of ether oxygens (including phenoxy) is 1. The van der Waals surface area contributed by atoms with Gasteiger partial charge in [0.25, 0.3) is 5.91 Å². The lowest BCUT2D eigenvalue weighted by Gasteiger charge is -2.33. The molecule has 2 heterocycles. The molecule has 7 heteroatoms. The Kier molecular flexibility index (Phi) is 7.44. The lowest BCUT2D eigenvalue weighted by Crippen LogP contribution is -2.36. The van der Waals surface area contributed by atoms with E-state index < -0.39 is 6.09 Å². The molecular weight excluding hydrogens is 368 g/mol. The molecule has 0 spiro atoms. The minimum atomic E-state index is -0.548. The summed E-state index contributed by atoms with van der Waals surface area (Å²) < 4.78 is 4.83. The van der Waals surface area contributed by atoms with E-state index in [1.807, 2.05) is 30.5 Å². The van der Waals surface area contributed by atoms with Gasteiger partial charge in [0.15, 0.2) is 6.61 Å². The largest absolute Gasteiger partial charge is 0.439 e. The number of alkyl carbamates (subject to hydrolysis) is 1. The van der Waals surface area contributed by atoms with Crippen LogP contribution in [0.15, 0.2) is 48.7 Å². The monoisotopic (exact) mass is 396 g/mol. The van der Waals surface area contributed by atoms with Crippen LogP contribution in [0.2, 0.25) is 0 Å². The van der Waals surface area contributed by atoms with Gasteiger partial charge in [0.1, 0.15) is 5.82 Å². The van der Waals surface area contributed by atoms with Crippen LogP contribution in [0.1, 0.15) is 19.3 Å². The molecule has 0 atom stereocenters. The average molecular weight is 396 g/mol. The maximum absolute atomic E-state index is 11.6. The number of anilines is 1. The van der Waals surface area contributed by atoms with E-state index in [1.165, 1.54) is 18.2 Å². The maximum atomic E-state index is 11.6. The molecule has 1 fully saturated rings. The minimum absolute atomic E-state index is 0.254. The van der Waals surface area contributed by atoms with Crippen molar-refractivity contribution in [2.24, 2.45) is 5.92 Å². The number of amides is 2. The number of nitrogens with zero attached hydrogens (tertiary/aromatic N) is 2. The standard InChI is InChI=1S/C22H28N4O3/c1-23-21(27)16-29-22(28)25-11-7-17-9-13-26(14-10-17)20-15-19(8-12-24-20)18-5-3-2-4-6-18/h2-6,8,12,15,17H,7,9-11,13-14,16H2,1H3,(H,23,27)(H,25,28). The molecular formula is C22H28N4O3. The van der Waals surface area contributed by atoms with Gasteiger partial charge < -0.3 is 20.3 Å². The molecule has 154 valence electrons. The predicted octanol–water partition coefficient (Wildman–Crippen LogP) is 2.83. The molecule has 1 saturated heterocycles. The smallest absolute Gasteiger partial charge is 0.407 e. The lowest BCUT2D eigenvalue weighted by atomic mass is 9.93. The Hall–Kier alpha value is -3.09. The van der Waals surface area contributed by atoms with Crippen molar-refractivity contribution < 1.29 is 14.3 Å². The molecule has 2 N–H and O–H groups in total. The van der Waals surface area contributed by atoms with Crippen LogP contribution >= 0.6 is 0 Å². The van der Waals surface area contributed by atoms with Crippen molar-refractivity contribution in [3.63, 3.8) is 0 Å². The highest BCUT2D eigenvalue weighted by molar-refractivity contribution is 5.79. The van der Waals surface area contributed by atoms with Gasteiger partial charge in [-0.15, -0.1) is 0 Å². The highest BCUT2D eigenvalue weighted by Crippen LogP contribution is 2.27. The first-order valence-electron chi connectivity index (χ1n) is 10.0. The maximum Gasteiger partial charge on any atom is 0.407 e. The van der Waals surface area contributed by atoms with Crippen LogP contribution in [0.25, 0.3) is 11.1 Å². The number of aromatic nitrogens is 1. The van der Waals surface area contributed by atoms with Crippen molar-refractivity contribution in [1.29, 1.82) is 0 Å². The number of carbonyl (C=O) groups excluding carboxylic acids is 2. The van der Waals surface area contributed by atoms with Crippen LogP contribution in [-0.4, -0.2) is 50.3 Å². The molecule has 0 saturated carbocycles. The fourth-order valence-corrected chi connectivity index (χ4v) is 3.48. The zero-order valence-corrected chi connectivity index (χ0v) is 16.8. The number of piperidine rings is 1. The van der Waals surface area contributed by atoms with Gasteiger partial charge in [-0.2, -0.15) is 0 Å². The Balaban J connectivity index is 1.42. The number of hydrogen-bond donors (Lipinski definition) is 2. The van der Waals surface area contributed by atoms with Crippen molar-refractivity contribution >= 4 is 17.8 Å². The Bertz CT molecular complexity index is 805. The van der Waals surface area contributed by atoms with Crippen LogP contribution in [0.3, 0.4) is 0 Å². The van der Waals surface area contributed by atoms with Crippen LogP contribution in [0.5, 0.6) is 0 Å². The first-order chi connectivity index (χ1) is 14.2. The van der Waals surface area contributed by atoms with Gasteiger partial charge >= 0.3 is 6.09 Å². The van der Waals surface area contributed by atoms with Gasteiger partial charge in [-0.05, 0) is 48.4 Å². The summed E-state index contributed by atoms with van der Waals surface area (Å²) in [5.74, 6) is 1.25. The number of carbonyl (C=O) groups is 2. The molecule has 0 aliphatic carbocycles. The first-order valence-corrected chi connectivity index (χ1v) is 10.0. The summed E-state index contributed by atoms with van der Waals surface area (Å²) in [7, 11) is 1.50. The van der Waals surface area contributed by atoms with E-state index >= 15 is 0 Å². The predicted molar refractivity (Wildman–Crippen MR) is 113 cm³/mol. The molecule has 2 aromatic rings. The number of likely N-dealkylation sites (N-methyl/N-ethyl adjacent to an activating group) is 1. The van der Waals surface area contributed by atoms with Crippen molar-refractivity contribution in [3.8, 4) is 11.1 Å². The fraction of sp³-hybridized carbons (Fsp3) is 0.409. The zero-order valence-electron chi connectivity index (χ0n) is 16.8. The van der Waals surface area contributed by atoms with Crippen LogP contribution in [0.4, 0.5) is 10.6 Å². The summed E-state index contributed by atoms with van der Waals surface area (Å²) in [6.45, 7) is 2.21. The lowest BCUT2D eigenvalue weighted by molar-refractivity contribution is -0.123. The van der Waals surface area contributed by atoms with E-state index in [-0.39, 0.29) is 12.5 Å². The molecule has 7 nitrogen and oxygen atoms in total. The van der Waals surface area contributed by atoms with Gasteiger partial charge in [-0.25, -0.2) is 9.78 Å². The molecule has 3 rings (SSSR count). The Morgan fingerprint density at radius 3 is 2.62 bits per heavy atom. The molecule has 0 radical (unpaired) electrons. The minimum Gasteiger partial charge on any atom is -0.439 e. The van der Waals surface area contributed by atoms with Gasteiger partial charge in [0.05, 0.1) is 0 Å². The van der Waals surface area contributed by atoms with Gasteiger partial charge in [-0.3, -0.25) is 4.79 Å². The number of benzene rings is 1. The molecule has 0 bridgehead atoms. The normalized spacial score (nSPS) is 14.3. The van der Waals surface area contributed by atoms with Gasteiger partial charge in [0.2, 0.25) is 0 Å². The quantitative estimate of drug-likeness (QED) is 0.752. The Labute approximate surface area is 171 Å². The van der Waals surface area contributed by atoms with E-state index in [4.69, 9.17) is 4.74 Å². The Morgan fingerprint density at radius 2 is 1.90 bits per heavy atom. The van der Waals surface area contributed by atoms with Crippen LogP contribution in [0, 0.1) is 5.92 Å². The number of pyridine rings is 1. The number of rotatable bonds is 7. The number of hydrogen-bond acceptors (Lipinski definition) is 5. The first kappa shape index (κ1) is 20.6. The molecule has 1 aromatic carbocycles. The average Bonchev–Trinajstić information content (AvgIpc) is 2.78. The molecule has 29 heavy (non-hydrogen) atoms. The number of nitrogens with one attached hydrogen (secondary N) is 2. The van der Waals surface area contributed by atoms with Crippen molar-refractivity contribution in [3.05, 3.63) is 48.7 Å². The summed E-state index contributed by atoms with van der Waals surface area (Å²) in [6, 6.07) is 14.5. The molecule has 2 amide bonds. The van der Waals surface area contributed by atoms with E-state index in [1.54, 1.807) is 0 Å². The second-order valence-corrected chi connectivity index (χ2v) is 7.16. The topological polar surface area (TPSA) is 83.6 Å². The molecule has 1 aliphatic heterocycles. The van der Waals surface area contributed by atoms with E-state index in [2.05, 4.69) is 38.7 Å². The van der Waals surface area contributed by atoms with E-state index in [9.17, 15) is 9.59 Å². The third-order valence-electron chi connectivity index (χ3n) is 5.23. The summed E-state index contributed by atoms with van der Waals surface area (Å²) in [6.07, 6.45) is 4.35. The third-order valence-corrected chi connectivity index (χ3v) is 5.23. The van der Waals surface area contributed by atoms with E-state index in [0.717, 1.165) is 38.2 Å². The summed E-state index contributed by atoms with van der Waals surface area (Å²) in [4.78, 5) is 29.5. The summed E-state index contributed by atoms with van der Waals surface area (Å²) >= 11 is 0. The second-order valence-electron chi connectivity index (χ2n) is 7.16. The van der Waals surface area contributed by atoms with Crippen molar-refractivity contribution in [2.75, 3.05) is 38.2 Å². The van der Waals surface area contributed by atoms with Gasteiger partial charge in [-0.1, -0.05) is 30.3 Å². The highest BCUT2D eigenvalue weighted by Gasteiger charge is 2.20. The zero-order chi connectivity index (χ0) is 20.5. The molecule has 1 aliphatic rings. The van der Waals surface area contributed by atoms with Crippen molar-refractivity contribution in [2.45, 2.75) is 19.3 Å². The van der Waals surface area contributed by atoms with Crippen molar-refractivity contribution in [1.82, 2.24) is 15.6 Å². The highest BCUT2D eigenvalue weighted by atomic mass is 16.6. The molecule has 0 unspecified atom stereocenters. The van der Waals surface area contributed by atoms with Crippen LogP contribution < -0.4 is 15.5 Å². The fourth-order valence-electron chi connectivity index (χ4n) is 3.48. The summed E-state index contributed by atoms with van der Waals surface area (Å²) in [5.41, 5.74) is 2.37. The van der Waals surface area contributed by atoms with Gasteiger partial charge in [0, 0.05) is 32.9 Å². The summed E-state index contributed by atoms with van der Waals surface area (Å²) in [5, 5.41) is 5.12. The molecule has 1 aromatic heterocycles. The SMILES string of the molecule is CNC(=O)COC(=O)NCCC1CCN(c2cc(-c3ccccc3)ccn2)CC1. The van der Waals surface area contributed by atoms with Crippen LogP contribution in [-0.2, 0) is 9.53 Å². The third kappa shape index (κ3) is 6.20. The second kappa shape index (κ2) is 10.5. The Morgan fingerprint density at radius 1 is 1.14 bits per heavy atom.